The van der Waals surface area contributed by atoms with Gasteiger partial charge >= 0.3 is 0 Å². The van der Waals surface area contributed by atoms with Crippen LogP contribution in [0.3, 0.4) is 0 Å². The van der Waals surface area contributed by atoms with E-state index >= 15 is 0 Å². The lowest BCUT2D eigenvalue weighted by atomic mass is 10.0. The Kier molecular flexibility index (Phi) is 2.83. The molecule has 2 nitrogen and oxygen atoms in total. The minimum Gasteiger partial charge on any atom is -0.493 e. The average molecular weight is 231 g/mol. The smallest absolute Gasteiger partial charge is 0.122 e. The van der Waals surface area contributed by atoms with Crippen LogP contribution in [-0.4, -0.2) is 13.2 Å². The van der Waals surface area contributed by atoms with Crippen LogP contribution in [-0.2, 0) is 13.0 Å². The van der Waals surface area contributed by atoms with Crippen LogP contribution in [0.15, 0.2) is 18.2 Å². The summed E-state index contributed by atoms with van der Waals surface area (Å²) in [6.45, 7) is 5.33. The summed E-state index contributed by atoms with van der Waals surface area (Å²) in [5.41, 5.74) is 3.40. The molecule has 2 aliphatic rings. The maximum absolute atomic E-state index is 5.52. The summed E-state index contributed by atoms with van der Waals surface area (Å²) in [6, 6.07) is 6.59. The number of nitrogens with one attached hydrogen (secondary N) is 1. The van der Waals surface area contributed by atoms with Crippen LogP contribution in [0.25, 0.3) is 0 Å². The molecule has 3 rings (SSSR count). The van der Waals surface area contributed by atoms with Gasteiger partial charge in [-0.15, -0.1) is 0 Å². The summed E-state index contributed by atoms with van der Waals surface area (Å²) >= 11 is 0. The van der Waals surface area contributed by atoms with Gasteiger partial charge in [0.15, 0.2) is 0 Å². The summed E-state index contributed by atoms with van der Waals surface area (Å²) in [6.07, 6.45) is 5.21. The Morgan fingerprint density at radius 2 is 2.24 bits per heavy atom. The highest BCUT2D eigenvalue weighted by Gasteiger charge is 2.39. The van der Waals surface area contributed by atoms with Crippen molar-refractivity contribution < 1.29 is 4.74 Å². The van der Waals surface area contributed by atoms with Crippen molar-refractivity contribution in [1.29, 1.82) is 0 Å². The van der Waals surface area contributed by atoms with Crippen LogP contribution < -0.4 is 10.1 Å². The van der Waals surface area contributed by atoms with Gasteiger partial charge < -0.3 is 10.1 Å². The molecule has 0 unspecified atom stereocenters. The van der Waals surface area contributed by atoms with E-state index in [0.29, 0.717) is 5.41 Å². The zero-order valence-corrected chi connectivity index (χ0v) is 10.6. The SMILES string of the molecule is CCC1(CNCc2ccc3c(c2)CCO3)CC1. The molecule has 1 aliphatic heterocycles. The molecule has 0 spiro atoms. The third-order valence-electron chi connectivity index (χ3n) is 4.29. The van der Waals surface area contributed by atoms with E-state index in [1.807, 2.05) is 0 Å². The van der Waals surface area contributed by atoms with Crippen molar-refractivity contribution in [2.24, 2.45) is 5.41 Å². The van der Waals surface area contributed by atoms with Gasteiger partial charge in [-0.1, -0.05) is 19.1 Å². The molecule has 1 aromatic carbocycles. The molecule has 0 saturated heterocycles. The van der Waals surface area contributed by atoms with Crippen molar-refractivity contribution in [1.82, 2.24) is 5.32 Å². The number of fused-ring (bicyclic) bond motifs is 1. The van der Waals surface area contributed by atoms with Crippen molar-refractivity contribution in [3.8, 4) is 5.75 Å². The van der Waals surface area contributed by atoms with Crippen molar-refractivity contribution >= 4 is 0 Å². The molecule has 1 heterocycles. The standard InChI is InChI=1S/C15H21NO/c1-2-15(6-7-15)11-16-10-12-3-4-14-13(9-12)5-8-17-14/h3-4,9,16H,2,5-8,10-11H2,1H3. The molecular weight excluding hydrogens is 210 g/mol. The Labute approximate surface area is 103 Å². The van der Waals surface area contributed by atoms with E-state index in [4.69, 9.17) is 4.74 Å². The molecule has 0 radical (unpaired) electrons. The van der Waals surface area contributed by atoms with E-state index in [1.54, 1.807) is 0 Å². The summed E-state index contributed by atoms with van der Waals surface area (Å²) < 4.78 is 5.52. The van der Waals surface area contributed by atoms with E-state index in [9.17, 15) is 0 Å². The first-order valence-corrected chi connectivity index (χ1v) is 6.77. The molecule has 0 bridgehead atoms. The minimum absolute atomic E-state index is 0.639. The maximum Gasteiger partial charge on any atom is 0.122 e. The van der Waals surface area contributed by atoms with E-state index in [0.717, 1.165) is 25.3 Å². The number of hydrogen-bond acceptors (Lipinski definition) is 2. The molecule has 0 atom stereocenters. The van der Waals surface area contributed by atoms with Gasteiger partial charge in [0.25, 0.3) is 0 Å². The van der Waals surface area contributed by atoms with Crippen LogP contribution in [0, 0.1) is 5.41 Å². The largest absolute Gasteiger partial charge is 0.493 e. The number of rotatable bonds is 5. The second kappa shape index (κ2) is 4.34. The van der Waals surface area contributed by atoms with Gasteiger partial charge in [0, 0.05) is 19.5 Å². The summed E-state index contributed by atoms with van der Waals surface area (Å²) in [5.74, 6) is 1.08. The maximum atomic E-state index is 5.52. The topological polar surface area (TPSA) is 21.3 Å². The van der Waals surface area contributed by atoms with Gasteiger partial charge in [-0.25, -0.2) is 0 Å². The van der Waals surface area contributed by atoms with Crippen molar-refractivity contribution in [2.75, 3.05) is 13.2 Å². The minimum atomic E-state index is 0.639. The zero-order chi connectivity index (χ0) is 11.7. The Morgan fingerprint density at radius 3 is 3.00 bits per heavy atom. The first-order chi connectivity index (χ1) is 8.31. The third-order valence-corrected chi connectivity index (χ3v) is 4.29. The molecule has 2 heteroatoms. The fraction of sp³-hybridized carbons (Fsp3) is 0.600. The highest BCUT2D eigenvalue weighted by Crippen LogP contribution is 2.47. The van der Waals surface area contributed by atoms with Gasteiger partial charge in [0.1, 0.15) is 5.75 Å². The van der Waals surface area contributed by atoms with Crippen molar-refractivity contribution in [3.05, 3.63) is 29.3 Å². The quantitative estimate of drug-likeness (QED) is 0.841. The lowest BCUT2D eigenvalue weighted by Crippen LogP contribution is -2.23. The summed E-state index contributed by atoms with van der Waals surface area (Å²) in [7, 11) is 0. The van der Waals surface area contributed by atoms with Crippen LogP contribution in [0.1, 0.15) is 37.3 Å². The molecule has 1 N–H and O–H groups in total. The van der Waals surface area contributed by atoms with E-state index in [1.165, 1.54) is 36.9 Å². The molecule has 0 aromatic heterocycles. The number of benzene rings is 1. The fourth-order valence-electron chi connectivity index (χ4n) is 2.65. The lowest BCUT2D eigenvalue weighted by molar-refractivity contribution is 0.357. The first-order valence-electron chi connectivity index (χ1n) is 6.77. The van der Waals surface area contributed by atoms with E-state index in [2.05, 4.69) is 30.4 Å². The third kappa shape index (κ3) is 2.32. The first kappa shape index (κ1) is 11.1. The predicted molar refractivity (Wildman–Crippen MR) is 69.3 cm³/mol. The number of ether oxygens (including phenoxy) is 1. The van der Waals surface area contributed by atoms with Gasteiger partial charge in [-0.3, -0.25) is 0 Å². The fourth-order valence-corrected chi connectivity index (χ4v) is 2.65. The number of hydrogen-bond donors (Lipinski definition) is 1. The van der Waals surface area contributed by atoms with Gasteiger partial charge in [-0.05, 0) is 41.9 Å². The molecule has 17 heavy (non-hydrogen) atoms. The molecule has 1 aliphatic carbocycles. The van der Waals surface area contributed by atoms with Gasteiger partial charge in [0.2, 0.25) is 0 Å². The normalized spacial score (nSPS) is 19.8. The van der Waals surface area contributed by atoms with Crippen molar-refractivity contribution in [2.45, 2.75) is 39.2 Å². The molecular formula is C15H21NO. The van der Waals surface area contributed by atoms with Crippen LogP contribution >= 0.6 is 0 Å². The molecule has 92 valence electrons. The van der Waals surface area contributed by atoms with Gasteiger partial charge in [0.05, 0.1) is 6.61 Å². The zero-order valence-electron chi connectivity index (χ0n) is 10.6. The van der Waals surface area contributed by atoms with Crippen molar-refractivity contribution in [3.63, 3.8) is 0 Å². The Hall–Kier alpha value is -1.02. The highest BCUT2D eigenvalue weighted by atomic mass is 16.5. The predicted octanol–water partition coefficient (Wildman–Crippen LogP) is 2.90. The van der Waals surface area contributed by atoms with Crippen LogP contribution in [0.2, 0.25) is 0 Å². The average Bonchev–Trinajstić information content (AvgIpc) is 2.98. The molecule has 1 aromatic rings. The highest BCUT2D eigenvalue weighted by molar-refractivity contribution is 5.39. The Morgan fingerprint density at radius 1 is 1.35 bits per heavy atom. The lowest BCUT2D eigenvalue weighted by Gasteiger charge is -2.13. The van der Waals surface area contributed by atoms with Gasteiger partial charge in [-0.2, -0.15) is 0 Å². The molecule has 1 fully saturated rings. The Balaban J connectivity index is 1.55. The van der Waals surface area contributed by atoms with Crippen LogP contribution in [0.4, 0.5) is 0 Å². The monoisotopic (exact) mass is 231 g/mol. The Bertz CT molecular complexity index is 409. The van der Waals surface area contributed by atoms with E-state index in [-0.39, 0.29) is 0 Å². The van der Waals surface area contributed by atoms with E-state index < -0.39 is 0 Å². The second-order valence-corrected chi connectivity index (χ2v) is 5.50. The van der Waals surface area contributed by atoms with Crippen LogP contribution in [0.5, 0.6) is 5.75 Å². The second-order valence-electron chi connectivity index (χ2n) is 5.50. The summed E-state index contributed by atoms with van der Waals surface area (Å²) in [4.78, 5) is 0. The molecule has 0 amide bonds. The molecule has 1 saturated carbocycles. The summed E-state index contributed by atoms with van der Waals surface area (Å²) in [5, 5.41) is 3.61.